The molecule has 0 radical (unpaired) electrons. The van der Waals surface area contributed by atoms with Crippen LogP contribution in [0.25, 0.3) is 0 Å². The fourth-order valence-electron chi connectivity index (χ4n) is 8.31. The lowest BCUT2D eigenvalue weighted by Gasteiger charge is -2.48. The molecule has 2 saturated heterocycles. The SMILES string of the molecule is CC(=O)NC1C(OC2C(CO)OC(O)C(NC(C)=O)C2OC(C)C(=O)NC(C)C(=O)NC(CCC(=O)NC(CCCC(N)C(N)=O)C(=O)NC(C)C(=O)NC(CCCC(N)C(=O)NC(C)C(=O)O)C(N)=O)C(N)=O)OC(CO)C(O)C1O. The standard InChI is InChI=1S/C47H81N13O22/c1-17(53-42(73)20(4)79-36-32(57-22(6)64)46(78)80-29(16-62)35(36)82-47-31(56-21(5)63)34(67)33(66)28(15-61)81-47)40(71)60-26(39(52)70)13-14-30(65)58-27(12-7-9-23(48)37(50)68)44(75)54-18(2)41(72)59-25(38(51)69)11-8-10-24(49)43(74)55-19(3)45(76)77/h17-20,23-29,31-36,46-47,61-62,66-67,78H,7-16,48-49H2,1-6H3,(H2,50,68)(H2,51,69)(H2,52,70)(H,53,73)(H,54,75)(H,55,74)(H,56,63)(H,57,64)(H,58,65)(H,59,72)(H,60,71)(H,76,77). The van der Waals surface area contributed by atoms with Crippen LogP contribution in [-0.2, 0) is 76.5 Å². The van der Waals surface area contributed by atoms with Gasteiger partial charge in [-0.3, -0.25) is 57.5 Å². The highest BCUT2D eigenvalue weighted by molar-refractivity contribution is 5.95. The molecule has 19 unspecified atom stereocenters. The van der Waals surface area contributed by atoms with Crippen molar-refractivity contribution in [1.29, 1.82) is 0 Å². The van der Waals surface area contributed by atoms with E-state index in [1.807, 2.05) is 0 Å². The summed E-state index contributed by atoms with van der Waals surface area (Å²) in [6.07, 6.45) is -16.5. The molecular formula is C47H81N13O22. The molecule has 82 heavy (non-hydrogen) atoms. The van der Waals surface area contributed by atoms with Crippen LogP contribution in [0, 0.1) is 0 Å². The van der Waals surface area contributed by atoms with Gasteiger partial charge in [0.25, 0.3) is 0 Å². The Bertz CT molecular complexity index is 2250. The molecule has 35 nitrogen and oxygen atoms in total. The minimum atomic E-state index is -1.92. The van der Waals surface area contributed by atoms with Crippen LogP contribution < -0.4 is 71.2 Å². The average molecular weight is 1180 g/mol. The van der Waals surface area contributed by atoms with E-state index in [1.165, 1.54) is 27.7 Å². The smallest absolute Gasteiger partial charge is 0.325 e. The molecule has 2 fully saturated rings. The minimum Gasteiger partial charge on any atom is -0.480 e. The molecule has 0 saturated carbocycles. The van der Waals surface area contributed by atoms with Gasteiger partial charge in [0.2, 0.25) is 65.0 Å². The fraction of sp³-hybridized carbons (Fsp3) is 0.745. The third-order valence-electron chi connectivity index (χ3n) is 13.1. The Morgan fingerprint density at radius 3 is 1.51 bits per heavy atom. The fourth-order valence-corrected chi connectivity index (χ4v) is 8.31. The number of nitrogens with two attached hydrogens (primary N) is 5. The quantitative estimate of drug-likeness (QED) is 0.0284. The Morgan fingerprint density at radius 2 is 1.01 bits per heavy atom. The van der Waals surface area contributed by atoms with E-state index in [-0.39, 0.29) is 38.5 Å². The van der Waals surface area contributed by atoms with Crippen molar-refractivity contribution in [2.45, 2.75) is 209 Å². The highest BCUT2D eigenvalue weighted by Gasteiger charge is 2.53. The number of aliphatic hydroxyl groups is 5. The number of aliphatic hydroxyl groups excluding tert-OH is 5. The van der Waals surface area contributed by atoms with Gasteiger partial charge in [0, 0.05) is 20.3 Å². The molecule has 0 aromatic carbocycles. The summed E-state index contributed by atoms with van der Waals surface area (Å²) >= 11 is 0. The third-order valence-corrected chi connectivity index (χ3v) is 13.1. The van der Waals surface area contributed by atoms with E-state index in [0.29, 0.717) is 0 Å². The van der Waals surface area contributed by atoms with E-state index in [0.717, 1.165) is 13.8 Å². The summed E-state index contributed by atoms with van der Waals surface area (Å²) in [5, 5.41) is 80.3. The van der Waals surface area contributed by atoms with Crippen LogP contribution in [-0.4, -0.2) is 231 Å². The van der Waals surface area contributed by atoms with Crippen molar-refractivity contribution in [3.8, 4) is 0 Å². The van der Waals surface area contributed by atoms with Gasteiger partial charge in [-0.15, -0.1) is 0 Å². The van der Waals surface area contributed by atoms with Crippen LogP contribution >= 0.6 is 0 Å². The molecule has 0 spiro atoms. The first-order valence-electron chi connectivity index (χ1n) is 26.1. The Morgan fingerprint density at radius 1 is 0.524 bits per heavy atom. The van der Waals surface area contributed by atoms with Crippen LogP contribution in [0.4, 0.5) is 0 Å². The predicted octanol–water partition coefficient (Wildman–Crippen LogP) is -10.4. The van der Waals surface area contributed by atoms with Gasteiger partial charge in [-0.25, -0.2) is 0 Å². The summed E-state index contributed by atoms with van der Waals surface area (Å²) < 4.78 is 23.2. The van der Waals surface area contributed by atoms with Crippen molar-refractivity contribution in [3.63, 3.8) is 0 Å². The van der Waals surface area contributed by atoms with Gasteiger partial charge in [-0.05, 0) is 72.6 Å². The number of primary amides is 3. The van der Waals surface area contributed by atoms with Crippen molar-refractivity contribution in [2.75, 3.05) is 13.2 Å². The molecule has 2 aliphatic rings. The zero-order valence-electron chi connectivity index (χ0n) is 46.1. The number of carbonyl (C=O) groups is 12. The number of ether oxygens (including phenoxy) is 4. The van der Waals surface area contributed by atoms with Crippen LogP contribution in [0.3, 0.4) is 0 Å². The second-order valence-corrected chi connectivity index (χ2v) is 19.8. The van der Waals surface area contributed by atoms with Gasteiger partial charge in [-0.2, -0.15) is 0 Å². The summed E-state index contributed by atoms with van der Waals surface area (Å²) in [5.74, 6) is -11.3. The molecule has 0 aliphatic carbocycles. The maximum atomic E-state index is 13.6. The highest BCUT2D eigenvalue weighted by Crippen LogP contribution is 2.31. The van der Waals surface area contributed by atoms with Crippen LogP contribution in [0.15, 0.2) is 0 Å². The van der Waals surface area contributed by atoms with Crippen LogP contribution in [0.2, 0.25) is 0 Å². The lowest BCUT2D eigenvalue weighted by Crippen LogP contribution is -2.70. The van der Waals surface area contributed by atoms with Crippen LogP contribution in [0.1, 0.15) is 92.9 Å². The zero-order chi connectivity index (χ0) is 62.5. The van der Waals surface area contributed by atoms with Gasteiger partial charge in [0.05, 0.1) is 25.3 Å². The molecular weight excluding hydrogens is 1100 g/mol. The van der Waals surface area contributed by atoms with Gasteiger partial charge in [0.15, 0.2) is 12.6 Å². The summed E-state index contributed by atoms with van der Waals surface area (Å²) in [4.78, 5) is 151. The lowest BCUT2D eigenvalue weighted by molar-refractivity contribution is -0.333. The van der Waals surface area contributed by atoms with E-state index >= 15 is 0 Å². The number of carboxylic acid groups (broad SMARTS) is 1. The molecule has 0 aromatic rings. The van der Waals surface area contributed by atoms with Crippen molar-refractivity contribution in [1.82, 2.24) is 42.5 Å². The second kappa shape index (κ2) is 34.0. The zero-order valence-corrected chi connectivity index (χ0v) is 46.1. The van der Waals surface area contributed by atoms with Crippen molar-refractivity contribution >= 4 is 70.9 Å². The second-order valence-electron chi connectivity index (χ2n) is 19.8. The van der Waals surface area contributed by atoms with Crippen molar-refractivity contribution in [3.05, 3.63) is 0 Å². The number of hydrogen-bond acceptors (Lipinski definition) is 23. The first-order valence-corrected chi connectivity index (χ1v) is 26.1. The summed E-state index contributed by atoms with van der Waals surface area (Å²) in [5.41, 5.74) is 27.8. The molecule has 0 bridgehead atoms. The molecule has 0 aromatic heterocycles. The summed E-state index contributed by atoms with van der Waals surface area (Å²) in [6, 6.07) is -13.8. The topological polar surface area (TPSA) is 589 Å². The van der Waals surface area contributed by atoms with Crippen molar-refractivity contribution < 1.29 is 107 Å². The first kappa shape index (κ1) is 71.3. The number of rotatable bonds is 34. The Hall–Kier alpha value is -6.80. The number of carboxylic acids is 1. The molecule has 11 amide bonds. The van der Waals surface area contributed by atoms with E-state index in [9.17, 15) is 83.1 Å². The number of aliphatic carboxylic acids is 1. The monoisotopic (exact) mass is 1180 g/mol. The van der Waals surface area contributed by atoms with Crippen molar-refractivity contribution in [2.24, 2.45) is 28.7 Å². The lowest BCUT2D eigenvalue weighted by atomic mass is 9.94. The number of nitrogens with one attached hydrogen (secondary N) is 8. The maximum Gasteiger partial charge on any atom is 0.325 e. The van der Waals surface area contributed by atoms with E-state index < -0.39 is 213 Å². The molecule has 2 rings (SSSR count). The van der Waals surface area contributed by atoms with E-state index in [1.54, 1.807) is 0 Å². The molecule has 466 valence electrons. The maximum absolute atomic E-state index is 13.6. The molecule has 35 heteroatoms. The number of carbonyl (C=O) groups excluding carboxylic acids is 11. The third kappa shape index (κ3) is 22.5. The molecule has 19 atom stereocenters. The van der Waals surface area contributed by atoms with Gasteiger partial charge >= 0.3 is 5.97 Å². The number of amides is 11. The summed E-state index contributed by atoms with van der Waals surface area (Å²) in [7, 11) is 0. The highest BCUT2D eigenvalue weighted by atomic mass is 16.7. The minimum absolute atomic E-state index is 0.0260. The molecule has 24 N–H and O–H groups in total. The number of hydrogen-bond donors (Lipinski definition) is 19. The van der Waals surface area contributed by atoms with Gasteiger partial charge in [-0.1, -0.05) is 0 Å². The largest absolute Gasteiger partial charge is 0.480 e. The molecule has 2 aliphatic heterocycles. The first-order chi connectivity index (χ1) is 38.2. The average Bonchev–Trinajstić information content (AvgIpc) is 3.57. The Kier molecular flexibility index (Phi) is 29.5. The van der Waals surface area contributed by atoms with E-state index in [2.05, 4.69) is 42.5 Å². The van der Waals surface area contributed by atoms with Gasteiger partial charge in [0.1, 0.15) is 91.1 Å². The Balaban J connectivity index is 2.19. The van der Waals surface area contributed by atoms with E-state index in [4.69, 9.17) is 52.7 Å². The normalized spacial score (nSPS) is 25.7. The summed E-state index contributed by atoms with van der Waals surface area (Å²) in [6.45, 7) is 5.22. The van der Waals surface area contributed by atoms with Crippen LogP contribution in [0.5, 0.6) is 0 Å². The predicted molar refractivity (Wildman–Crippen MR) is 277 cm³/mol. The Labute approximate surface area is 470 Å². The van der Waals surface area contributed by atoms with Gasteiger partial charge < -0.3 is 121 Å². The molecule has 2 heterocycles.